The lowest BCUT2D eigenvalue weighted by Crippen LogP contribution is -2.02. The standard InChI is InChI=1S/C12H9BrN4S/c1-18-11-9-4-2-3-5-10(9)17(16-11)12-14-6-8(13)7-15-12/h2-7H,1H3. The predicted molar refractivity (Wildman–Crippen MR) is 76.1 cm³/mol. The quantitative estimate of drug-likeness (QED) is 0.679. The number of aromatic nitrogens is 4. The normalized spacial score (nSPS) is 11.0. The van der Waals surface area contributed by atoms with Gasteiger partial charge in [0.15, 0.2) is 0 Å². The van der Waals surface area contributed by atoms with Crippen molar-refractivity contribution < 1.29 is 0 Å². The minimum Gasteiger partial charge on any atom is -0.218 e. The molecular weight excluding hydrogens is 312 g/mol. The van der Waals surface area contributed by atoms with Crippen LogP contribution in [0.25, 0.3) is 16.9 Å². The third kappa shape index (κ3) is 1.91. The van der Waals surface area contributed by atoms with E-state index in [-0.39, 0.29) is 0 Å². The highest BCUT2D eigenvalue weighted by Gasteiger charge is 2.11. The van der Waals surface area contributed by atoms with Crippen LogP contribution in [0.3, 0.4) is 0 Å². The average Bonchev–Trinajstić information content (AvgIpc) is 2.79. The van der Waals surface area contributed by atoms with E-state index in [1.807, 2.05) is 24.5 Å². The second-order valence-corrected chi connectivity index (χ2v) is 5.35. The van der Waals surface area contributed by atoms with E-state index >= 15 is 0 Å². The molecule has 90 valence electrons. The predicted octanol–water partition coefficient (Wildman–Crippen LogP) is 3.30. The minimum atomic E-state index is 0.578. The van der Waals surface area contributed by atoms with E-state index in [2.05, 4.69) is 37.1 Å². The van der Waals surface area contributed by atoms with Crippen molar-refractivity contribution in [1.29, 1.82) is 0 Å². The molecule has 0 fully saturated rings. The summed E-state index contributed by atoms with van der Waals surface area (Å²) in [5.41, 5.74) is 1.02. The van der Waals surface area contributed by atoms with Crippen LogP contribution in [0.2, 0.25) is 0 Å². The van der Waals surface area contributed by atoms with Crippen LogP contribution in [0.5, 0.6) is 0 Å². The van der Waals surface area contributed by atoms with Crippen molar-refractivity contribution in [2.75, 3.05) is 6.26 Å². The SMILES string of the molecule is CSc1nn(-c2ncc(Br)cn2)c2ccccc12. The van der Waals surface area contributed by atoms with Gasteiger partial charge in [-0.2, -0.15) is 9.78 Å². The molecule has 18 heavy (non-hydrogen) atoms. The maximum Gasteiger partial charge on any atom is 0.251 e. The third-order valence-corrected chi connectivity index (χ3v) is 3.64. The van der Waals surface area contributed by atoms with Gasteiger partial charge in [-0.05, 0) is 28.3 Å². The highest BCUT2D eigenvalue weighted by molar-refractivity contribution is 9.10. The zero-order chi connectivity index (χ0) is 12.5. The molecule has 0 spiro atoms. The van der Waals surface area contributed by atoms with Gasteiger partial charge in [-0.3, -0.25) is 0 Å². The molecule has 2 aromatic heterocycles. The Hall–Kier alpha value is -1.40. The molecule has 0 N–H and O–H groups in total. The van der Waals surface area contributed by atoms with Gasteiger partial charge in [0.2, 0.25) is 0 Å². The second kappa shape index (κ2) is 4.70. The van der Waals surface area contributed by atoms with Crippen molar-refractivity contribution in [3.8, 4) is 5.95 Å². The number of para-hydroxylation sites is 1. The largest absolute Gasteiger partial charge is 0.251 e. The van der Waals surface area contributed by atoms with Crippen molar-refractivity contribution >= 4 is 38.6 Å². The summed E-state index contributed by atoms with van der Waals surface area (Å²) in [5, 5.41) is 6.65. The molecule has 3 rings (SSSR count). The van der Waals surface area contributed by atoms with Crippen molar-refractivity contribution in [2.24, 2.45) is 0 Å². The number of benzene rings is 1. The average molecular weight is 321 g/mol. The molecule has 0 unspecified atom stereocenters. The zero-order valence-corrected chi connectivity index (χ0v) is 11.9. The summed E-state index contributed by atoms with van der Waals surface area (Å²) in [6, 6.07) is 8.08. The zero-order valence-electron chi connectivity index (χ0n) is 9.54. The van der Waals surface area contributed by atoms with Gasteiger partial charge >= 0.3 is 0 Å². The van der Waals surface area contributed by atoms with E-state index in [4.69, 9.17) is 0 Å². The Labute approximate surface area is 117 Å². The lowest BCUT2D eigenvalue weighted by Gasteiger charge is -2.00. The maximum absolute atomic E-state index is 4.55. The molecule has 0 radical (unpaired) electrons. The Balaban J connectivity index is 2.26. The van der Waals surface area contributed by atoms with Gasteiger partial charge in [-0.1, -0.05) is 18.2 Å². The third-order valence-electron chi connectivity index (χ3n) is 2.54. The number of halogens is 1. The molecule has 0 aliphatic heterocycles. The van der Waals surface area contributed by atoms with Crippen LogP contribution in [0.4, 0.5) is 0 Å². The summed E-state index contributed by atoms with van der Waals surface area (Å²) in [4.78, 5) is 8.56. The minimum absolute atomic E-state index is 0.578. The van der Waals surface area contributed by atoms with Crippen molar-refractivity contribution in [1.82, 2.24) is 19.7 Å². The van der Waals surface area contributed by atoms with Gasteiger partial charge in [0, 0.05) is 17.8 Å². The first-order chi connectivity index (χ1) is 8.79. The Bertz CT molecular complexity index is 693. The Morgan fingerprint density at radius 1 is 1.17 bits per heavy atom. The van der Waals surface area contributed by atoms with E-state index in [1.165, 1.54) is 0 Å². The number of thioether (sulfide) groups is 1. The van der Waals surface area contributed by atoms with Crippen molar-refractivity contribution in [3.63, 3.8) is 0 Å². The maximum atomic E-state index is 4.55. The van der Waals surface area contributed by atoms with Gasteiger partial charge in [-0.15, -0.1) is 11.8 Å². The molecule has 1 aromatic carbocycles. The molecule has 4 nitrogen and oxygen atoms in total. The Morgan fingerprint density at radius 2 is 1.89 bits per heavy atom. The first kappa shape index (κ1) is 11.7. The Morgan fingerprint density at radius 3 is 2.61 bits per heavy atom. The van der Waals surface area contributed by atoms with E-state index < -0.39 is 0 Å². The van der Waals surface area contributed by atoms with Crippen molar-refractivity contribution in [3.05, 3.63) is 41.1 Å². The number of hydrogen-bond donors (Lipinski definition) is 0. The monoisotopic (exact) mass is 320 g/mol. The molecule has 2 heterocycles. The summed E-state index contributed by atoms with van der Waals surface area (Å²) in [6.07, 6.45) is 5.46. The smallest absolute Gasteiger partial charge is 0.218 e. The van der Waals surface area contributed by atoms with E-state index in [1.54, 1.807) is 28.8 Å². The van der Waals surface area contributed by atoms with Gasteiger partial charge in [-0.25, -0.2) is 9.97 Å². The molecule has 6 heteroatoms. The first-order valence-electron chi connectivity index (χ1n) is 5.29. The second-order valence-electron chi connectivity index (χ2n) is 3.64. The van der Waals surface area contributed by atoms with E-state index in [0.717, 1.165) is 20.4 Å². The molecule has 0 aliphatic carbocycles. The summed E-state index contributed by atoms with van der Waals surface area (Å²) in [6.45, 7) is 0. The number of fused-ring (bicyclic) bond motifs is 1. The van der Waals surface area contributed by atoms with E-state index in [9.17, 15) is 0 Å². The topological polar surface area (TPSA) is 43.6 Å². The van der Waals surface area contributed by atoms with Crippen molar-refractivity contribution in [2.45, 2.75) is 5.03 Å². The number of rotatable bonds is 2. The molecule has 0 amide bonds. The fraction of sp³-hybridized carbons (Fsp3) is 0.0833. The summed E-state index contributed by atoms with van der Waals surface area (Å²) in [7, 11) is 0. The molecule has 3 aromatic rings. The van der Waals surface area contributed by atoms with Gasteiger partial charge in [0.1, 0.15) is 5.03 Å². The molecular formula is C12H9BrN4S. The molecule has 0 saturated heterocycles. The van der Waals surface area contributed by atoms with Gasteiger partial charge < -0.3 is 0 Å². The first-order valence-corrected chi connectivity index (χ1v) is 7.31. The van der Waals surface area contributed by atoms with Gasteiger partial charge in [0.25, 0.3) is 5.95 Å². The van der Waals surface area contributed by atoms with Crippen LogP contribution < -0.4 is 0 Å². The molecule has 0 atom stereocenters. The van der Waals surface area contributed by atoms with Crippen LogP contribution >= 0.6 is 27.7 Å². The van der Waals surface area contributed by atoms with Crippen LogP contribution in [-0.4, -0.2) is 26.0 Å². The van der Waals surface area contributed by atoms with Crippen LogP contribution in [0.15, 0.2) is 46.2 Å². The summed E-state index contributed by atoms with van der Waals surface area (Å²) < 4.78 is 2.63. The van der Waals surface area contributed by atoms with Gasteiger partial charge in [0.05, 0.1) is 9.99 Å². The number of hydrogen-bond acceptors (Lipinski definition) is 4. The summed E-state index contributed by atoms with van der Waals surface area (Å²) in [5.74, 6) is 0.578. The van der Waals surface area contributed by atoms with Crippen LogP contribution in [0, 0.1) is 0 Å². The number of nitrogens with zero attached hydrogens (tertiary/aromatic N) is 4. The summed E-state index contributed by atoms with van der Waals surface area (Å²) >= 11 is 4.95. The lowest BCUT2D eigenvalue weighted by molar-refractivity contribution is 0.799. The molecule has 0 saturated carbocycles. The van der Waals surface area contributed by atoms with E-state index in [0.29, 0.717) is 5.95 Å². The lowest BCUT2D eigenvalue weighted by atomic mass is 10.2. The molecule has 0 bridgehead atoms. The Kier molecular flexibility index (Phi) is 3.05. The highest BCUT2D eigenvalue weighted by Crippen LogP contribution is 2.26. The van der Waals surface area contributed by atoms with Crippen LogP contribution in [0.1, 0.15) is 0 Å². The fourth-order valence-corrected chi connectivity index (χ4v) is 2.52. The van der Waals surface area contributed by atoms with Crippen LogP contribution in [-0.2, 0) is 0 Å². The fourth-order valence-electron chi connectivity index (χ4n) is 1.76. The molecule has 0 aliphatic rings. The highest BCUT2D eigenvalue weighted by atomic mass is 79.9.